The Morgan fingerprint density at radius 3 is 2.90 bits per heavy atom. The van der Waals surface area contributed by atoms with Gasteiger partial charge in [-0.3, -0.25) is 0 Å². The van der Waals surface area contributed by atoms with E-state index in [4.69, 9.17) is 4.74 Å². The highest BCUT2D eigenvalue weighted by atomic mass is 19.3. The summed E-state index contributed by atoms with van der Waals surface area (Å²) in [5, 5.41) is 13.9. The van der Waals surface area contributed by atoms with E-state index in [2.05, 4.69) is 30.9 Å². The van der Waals surface area contributed by atoms with Gasteiger partial charge in [-0.2, -0.15) is 0 Å². The standard InChI is InChI=1S/C19H19F2N7O2/c1-10-5-12(7-13(6-10)24-18-22-4-3-14(25-18)17(20)21)15-8-28(27-26-15)9-16-11(2)23-19(29)30-16/h3-8,11,16-17H,9H2,1-2H3,(H,23,29)(H,22,24,25). The molecule has 11 heteroatoms. The third kappa shape index (κ3) is 4.34. The Hall–Kier alpha value is -3.63. The smallest absolute Gasteiger partial charge is 0.407 e. The third-order valence-corrected chi connectivity index (χ3v) is 4.60. The molecule has 1 aliphatic rings. The summed E-state index contributed by atoms with van der Waals surface area (Å²) in [6.07, 6.45) is -0.411. The maximum Gasteiger partial charge on any atom is 0.407 e. The number of hydrogen-bond acceptors (Lipinski definition) is 7. The van der Waals surface area contributed by atoms with Gasteiger partial charge in [0.25, 0.3) is 6.43 Å². The Labute approximate surface area is 170 Å². The average molecular weight is 415 g/mol. The number of aromatic nitrogens is 5. The van der Waals surface area contributed by atoms with Gasteiger partial charge in [0.05, 0.1) is 18.8 Å². The number of carbonyl (C=O) groups is 1. The number of halogens is 2. The summed E-state index contributed by atoms with van der Waals surface area (Å²) in [5.41, 5.74) is 2.61. The first-order valence-electron chi connectivity index (χ1n) is 9.25. The van der Waals surface area contributed by atoms with Gasteiger partial charge in [0.15, 0.2) is 0 Å². The topological polar surface area (TPSA) is 107 Å². The number of amides is 1. The van der Waals surface area contributed by atoms with Crippen molar-refractivity contribution in [3.63, 3.8) is 0 Å². The molecule has 1 aliphatic heterocycles. The average Bonchev–Trinajstić information content (AvgIpc) is 3.28. The maximum absolute atomic E-state index is 12.9. The van der Waals surface area contributed by atoms with Crippen molar-refractivity contribution in [1.82, 2.24) is 30.3 Å². The fourth-order valence-electron chi connectivity index (χ4n) is 3.14. The van der Waals surface area contributed by atoms with Crippen LogP contribution in [0.25, 0.3) is 11.3 Å². The number of benzene rings is 1. The molecular formula is C19H19F2N7O2. The summed E-state index contributed by atoms with van der Waals surface area (Å²) in [6, 6.07) is 6.63. The molecule has 0 radical (unpaired) electrons. The molecule has 0 spiro atoms. The summed E-state index contributed by atoms with van der Waals surface area (Å²) < 4.78 is 32.5. The lowest BCUT2D eigenvalue weighted by Crippen LogP contribution is -2.31. The zero-order valence-electron chi connectivity index (χ0n) is 16.2. The summed E-state index contributed by atoms with van der Waals surface area (Å²) in [5.74, 6) is 0.0811. The number of rotatable bonds is 6. The zero-order valence-corrected chi connectivity index (χ0v) is 16.2. The van der Waals surface area contributed by atoms with Crippen molar-refractivity contribution in [3.05, 3.63) is 47.9 Å². The van der Waals surface area contributed by atoms with Crippen LogP contribution in [0.5, 0.6) is 0 Å². The van der Waals surface area contributed by atoms with Gasteiger partial charge in [-0.05, 0) is 43.7 Å². The molecule has 2 atom stereocenters. The summed E-state index contributed by atoms with van der Waals surface area (Å²) in [7, 11) is 0. The van der Waals surface area contributed by atoms with E-state index in [-0.39, 0.29) is 23.8 Å². The Kier molecular flexibility index (Phi) is 5.25. The van der Waals surface area contributed by atoms with Crippen molar-refractivity contribution in [2.75, 3.05) is 5.32 Å². The van der Waals surface area contributed by atoms with Gasteiger partial charge in [0, 0.05) is 17.4 Å². The number of ether oxygens (including phenoxy) is 1. The Morgan fingerprint density at radius 2 is 2.17 bits per heavy atom. The van der Waals surface area contributed by atoms with Crippen LogP contribution in [0, 0.1) is 6.92 Å². The second-order valence-electron chi connectivity index (χ2n) is 7.02. The van der Waals surface area contributed by atoms with Gasteiger partial charge in [0.2, 0.25) is 5.95 Å². The lowest BCUT2D eigenvalue weighted by atomic mass is 10.1. The van der Waals surface area contributed by atoms with Gasteiger partial charge >= 0.3 is 6.09 Å². The molecule has 0 aliphatic carbocycles. The van der Waals surface area contributed by atoms with Crippen molar-refractivity contribution in [1.29, 1.82) is 0 Å². The predicted octanol–water partition coefficient (Wildman–Crippen LogP) is 3.22. The van der Waals surface area contributed by atoms with Crippen molar-refractivity contribution in [2.45, 2.75) is 39.0 Å². The number of cyclic esters (lactones) is 1. The van der Waals surface area contributed by atoms with Crippen LogP contribution in [-0.4, -0.2) is 43.2 Å². The van der Waals surface area contributed by atoms with Crippen LogP contribution in [0.4, 0.5) is 25.2 Å². The van der Waals surface area contributed by atoms with Crippen LogP contribution in [0.2, 0.25) is 0 Å². The Balaban J connectivity index is 1.53. The number of carbonyl (C=O) groups excluding carboxylic acids is 1. The van der Waals surface area contributed by atoms with Gasteiger partial charge in [-0.1, -0.05) is 5.21 Å². The highest BCUT2D eigenvalue weighted by Crippen LogP contribution is 2.25. The molecule has 1 amide bonds. The molecule has 3 heterocycles. The largest absolute Gasteiger partial charge is 0.442 e. The number of aryl methyl sites for hydroxylation is 1. The molecule has 0 saturated carbocycles. The lowest BCUT2D eigenvalue weighted by Gasteiger charge is -2.11. The van der Waals surface area contributed by atoms with Crippen molar-refractivity contribution in [2.24, 2.45) is 0 Å². The van der Waals surface area contributed by atoms with Crippen molar-refractivity contribution in [3.8, 4) is 11.3 Å². The van der Waals surface area contributed by atoms with Crippen LogP contribution in [-0.2, 0) is 11.3 Å². The summed E-state index contributed by atoms with van der Waals surface area (Å²) in [4.78, 5) is 19.1. The molecule has 4 rings (SSSR count). The van der Waals surface area contributed by atoms with E-state index in [0.29, 0.717) is 17.9 Å². The van der Waals surface area contributed by atoms with Gasteiger partial charge in [-0.25, -0.2) is 28.2 Å². The first-order chi connectivity index (χ1) is 14.4. The minimum Gasteiger partial charge on any atom is -0.442 e. The van der Waals surface area contributed by atoms with E-state index in [1.54, 1.807) is 16.9 Å². The Morgan fingerprint density at radius 1 is 1.33 bits per heavy atom. The first kappa shape index (κ1) is 19.7. The van der Waals surface area contributed by atoms with Crippen LogP contribution >= 0.6 is 0 Å². The molecule has 9 nitrogen and oxygen atoms in total. The molecule has 1 aromatic carbocycles. The summed E-state index contributed by atoms with van der Waals surface area (Å²) >= 11 is 0. The van der Waals surface area contributed by atoms with Crippen LogP contribution in [0.15, 0.2) is 36.7 Å². The van der Waals surface area contributed by atoms with E-state index in [9.17, 15) is 13.6 Å². The number of nitrogens with one attached hydrogen (secondary N) is 2. The predicted molar refractivity (Wildman–Crippen MR) is 103 cm³/mol. The van der Waals surface area contributed by atoms with Gasteiger partial charge < -0.3 is 15.4 Å². The minimum absolute atomic E-state index is 0.0811. The van der Waals surface area contributed by atoms with E-state index >= 15 is 0 Å². The zero-order chi connectivity index (χ0) is 21.3. The highest BCUT2D eigenvalue weighted by molar-refractivity contribution is 5.70. The molecule has 2 unspecified atom stereocenters. The van der Waals surface area contributed by atoms with Crippen LogP contribution < -0.4 is 10.6 Å². The molecule has 2 N–H and O–H groups in total. The fraction of sp³-hybridized carbons (Fsp3) is 0.316. The second kappa shape index (κ2) is 8.01. The number of alkyl halides is 2. The quantitative estimate of drug-likeness (QED) is 0.637. The van der Waals surface area contributed by atoms with Crippen molar-refractivity contribution >= 4 is 17.7 Å². The monoisotopic (exact) mass is 415 g/mol. The SMILES string of the molecule is Cc1cc(Nc2nccc(C(F)F)n2)cc(-c2cn(CC3OC(=O)NC3C)nn2)c1. The lowest BCUT2D eigenvalue weighted by molar-refractivity contribution is 0.119. The van der Waals surface area contributed by atoms with Crippen LogP contribution in [0.1, 0.15) is 24.6 Å². The fourth-order valence-corrected chi connectivity index (χ4v) is 3.14. The summed E-state index contributed by atoms with van der Waals surface area (Å²) in [6.45, 7) is 4.13. The molecule has 2 aromatic heterocycles. The first-order valence-corrected chi connectivity index (χ1v) is 9.25. The third-order valence-electron chi connectivity index (χ3n) is 4.60. The molecule has 0 bridgehead atoms. The normalized spacial score (nSPS) is 18.4. The molecule has 1 fully saturated rings. The highest BCUT2D eigenvalue weighted by Gasteiger charge is 2.31. The number of nitrogens with zero attached hydrogens (tertiary/aromatic N) is 5. The molecule has 3 aromatic rings. The minimum atomic E-state index is -2.67. The molecule has 1 saturated heterocycles. The second-order valence-corrected chi connectivity index (χ2v) is 7.02. The van der Waals surface area contributed by atoms with Crippen molar-refractivity contribution < 1.29 is 18.3 Å². The van der Waals surface area contributed by atoms with E-state index in [1.807, 2.05) is 26.0 Å². The molecule has 30 heavy (non-hydrogen) atoms. The van der Waals surface area contributed by atoms with E-state index < -0.39 is 12.5 Å². The van der Waals surface area contributed by atoms with E-state index in [1.165, 1.54) is 12.3 Å². The number of anilines is 2. The van der Waals surface area contributed by atoms with E-state index in [0.717, 1.165) is 11.1 Å². The molecular weight excluding hydrogens is 396 g/mol. The maximum atomic E-state index is 12.9. The van der Waals surface area contributed by atoms with Gasteiger partial charge in [0.1, 0.15) is 17.5 Å². The van der Waals surface area contributed by atoms with Gasteiger partial charge in [-0.15, -0.1) is 5.10 Å². The number of alkyl carbamates (subject to hydrolysis) is 1. The number of hydrogen-bond donors (Lipinski definition) is 2. The Bertz CT molecular complexity index is 1070. The van der Waals surface area contributed by atoms with Crippen LogP contribution in [0.3, 0.4) is 0 Å². The molecule has 156 valence electrons.